The van der Waals surface area contributed by atoms with Crippen molar-refractivity contribution in [1.29, 1.82) is 0 Å². The Morgan fingerprint density at radius 2 is 1.88 bits per heavy atom. The van der Waals surface area contributed by atoms with Crippen molar-refractivity contribution in [3.63, 3.8) is 0 Å². The largest absolute Gasteiger partial charge is 0.309 e. The van der Waals surface area contributed by atoms with E-state index in [-0.39, 0.29) is 39.9 Å². The van der Waals surface area contributed by atoms with Gasteiger partial charge in [-0.3, -0.25) is 9.89 Å². The van der Waals surface area contributed by atoms with E-state index in [1.54, 1.807) is 12.1 Å². The van der Waals surface area contributed by atoms with Crippen molar-refractivity contribution < 1.29 is 13.2 Å². The monoisotopic (exact) mass is 416 g/mol. The van der Waals surface area contributed by atoms with Crippen molar-refractivity contribution >= 4 is 45.0 Å². The Kier molecular flexibility index (Phi) is 5.57. The molecule has 0 saturated carbocycles. The van der Waals surface area contributed by atoms with Crippen LogP contribution in [0, 0.1) is 12.8 Å². The molecule has 7 nitrogen and oxygen atoms in total. The van der Waals surface area contributed by atoms with Gasteiger partial charge in [-0.2, -0.15) is 9.40 Å². The Labute approximate surface area is 161 Å². The zero-order valence-electron chi connectivity index (χ0n) is 14.0. The lowest BCUT2D eigenvalue weighted by Crippen LogP contribution is -2.41. The topological polar surface area (TPSA) is 95.2 Å². The lowest BCUT2D eigenvalue weighted by Gasteiger charge is -2.30. The molecule has 0 radical (unpaired) electrons. The average Bonchev–Trinajstić information content (AvgIpc) is 2.99. The third-order valence-corrected chi connectivity index (χ3v) is 7.15. The van der Waals surface area contributed by atoms with E-state index in [1.807, 2.05) is 6.92 Å². The first-order chi connectivity index (χ1) is 12.3. The van der Waals surface area contributed by atoms with Gasteiger partial charge in [-0.25, -0.2) is 8.42 Å². The molecule has 0 spiro atoms. The molecule has 26 heavy (non-hydrogen) atoms. The van der Waals surface area contributed by atoms with Crippen molar-refractivity contribution in [2.75, 3.05) is 18.4 Å². The second kappa shape index (κ2) is 7.56. The van der Waals surface area contributed by atoms with Crippen molar-refractivity contribution in [3.05, 3.63) is 40.0 Å². The van der Waals surface area contributed by atoms with Crippen LogP contribution in [0.2, 0.25) is 10.0 Å². The lowest BCUT2D eigenvalue weighted by molar-refractivity contribution is -0.120. The van der Waals surface area contributed by atoms with Crippen LogP contribution in [0.15, 0.2) is 29.2 Å². The third-order valence-electron chi connectivity index (χ3n) is 4.30. The maximum atomic E-state index is 12.8. The first-order valence-corrected chi connectivity index (χ1v) is 10.3. The number of carbonyl (C=O) groups is 1. The van der Waals surface area contributed by atoms with E-state index < -0.39 is 10.0 Å². The van der Waals surface area contributed by atoms with Crippen molar-refractivity contribution in [2.24, 2.45) is 5.92 Å². The normalized spacial score (nSPS) is 16.6. The number of aromatic amines is 1. The van der Waals surface area contributed by atoms with Crippen LogP contribution in [-0.2, 0) is 14.8 Å². The number of rotatable bonds is 4. The number of halogens is 2. The minimum Gasteiger partial charge on any atom is -0.309 e. The standard InChI is InChI=1S/C16H18Cl2N4O3S/c1-10-9-14(21-20-10)19-16(23)11-5-7-22(8-6-11)26(24,25)15-12(17)3-2-4-13(15)18/h2-4,9,11H,5-8H2,1H3,(H2,19,20,21,23). The molecule has 0 bridgehead atoms. The number of aryl methyl sites for hydroxylation is 1. The molecule has 0 unspecified atom stereocenters. The zero-order valence-corrected chi connectivity index (χ0v) is 16.3. The summed E-state index contributed by atoms with van der Waals surface area (Å²) in [6, 6.07) is 6.31. The van der Waals surface area contributed by atoms with Crippen LogP contribution in [0.25, 0.3) is 0 Å². The van der Waals surface area contributed by atoms with Crippen molar-refractivity contribution in [2.45, 2.75) is 24.7 Å². The van der Waals surface area contributed by atoms with Gasteiger partial charge in [-0.05, 0) is 31.9 Å². The highest BCUT2D eigenvalue weighted by atomic mass is 35.5. The molecule has 3 rings (SSSR count). The number of amides is 1. The number of carbonyl (C=O) groups excluding carboxylic acids is 1. The summed E-state index contributed by atoms with van der Waals surface area (Å²) in [5.41, 5.74) is 0.845. The molecule has 2 aromatic rings. The molecule has 1 amide bonds. The Morgan fingerprint density at radius 1 is 1.27 bits per heavy atom. The van der Waals surface area contributed by atoms with Crippen LogP contribution in [-0.4, -0.2) is 41.9 Å². The molecule has 140 valence electrons. The van der Waals surface area contributed by atoms with Gasteiger partial charge in [-0.15, -0.1) is 0 Å². The third kappa shape index (κ3) is 3.88. The average molecular weight is 417 g/mol. The van der Waals surface area contributed by atoms with E-state index in [0.29, 0.717) is 18.7 Å². The predicted octanol–water partition coefficient (Wildman–Crippen LogP) is 3.06. The number of H-pyrrole nitrogens is 1. The summed E-state index contributed by atoms with van der Waals surface area (Å²) >= 11 is 12.1. The molecule has 1 aromatic carbocycles. The molecule has 1 fully saturated rings. The van der Waals surface area contributed by atoms with Gasteiger partial charge in [0.15, 0.2) is 5.82 Å². The highest BCUT2D eigenvalue weighted by Gasteiger charge is 2.34. The summed E-state index contributed by atoms with van der Waals surface area (Å²) in [5, 5.41) is 9.65. The van der Waals surface area contributed by atoms with Gasteiger partial charge in [0.1, 0.15) is 4.90 Å². The van der Waals surface area contributed by atoms with Gasteiger partial charge in [0, 0.05) is 30.8 Å². The maximum absolute atomic E-state index is 12.8. The Hall–Kier alpha value is -1.61. The predicted molar refractivity (Wildman–Crippen MR) is 99.9 cm³/mol. The first kappa shape index (κ1) is 19.2. The molecule has 1 aliphatic rings. The van der Waals surface area contributed by atoms with Crippen LogP contribution in [0.3, 0.4) is 0 Å². The van der Waals surface area contributed by atoms with Crippen LogP contribution in [0.5, 0.6) is 0 Å². The Bertz CT molecular complexity index is 901. The number of nitrogens with one attached hydrogen (secondary N) is 2. The molecular formula is C16H18Cl2N4O3S. The SMILES string of the molecule is Cc1cc(NC(=O)C2CCN(S(=O)(=O)c3c(Cl)cccc3Cl)CC2)n[nH]1. The number of hydrogen-bond acceptors (Lipinski definition) is 4. The molecule has 2 N–H and O–H groups in total. The van der Waals surface area contributed by atoms with Gasteiger partial charge in [0.2, 0.25) is 15.9 Å². The molecule has 10 heteroatoms. The number of benzene rings is 1. The van der Waals surface area contributed by atoms with Gasteiger partial charge in [0.05, 0.1) is 10.0 Å². The highest BCUT2D eigenvalue weighted by molar-refractivity contribution is 7.89. The molecule has 1 aromatic heterocycles. The minimum absolute atomic E-state index is 0.0850. The summed E-state index contributed by atoms with van der Waals surface area (Å²) in [6.45, 7) is 2.29. The van der Waals surface area contributed by atoms with Crippen molar-refractivity contribution in [1.82, 2.24) is 14.5 Å². The van der Waals surface area contributed by atoms with E-state index in [2.05, 4.69) is 15.5 Å². The summed E-state index contributed by atoms with van der Waals surface area (Å²) < 4.78 is 27.0. The molecule has 0 aliphatic carbocycles. The summed E-state index contributed by atoms with van der Waals surface area (Å²) in [5.74, 6) is 0.0231. The lowest BCUT2D eigenvalue weighted by atomic mass is 9.97. The molecule has 1 aliphatic heterocycles. The number of sulfonamides is 1. The number of aromatic nitrogens is 2. The van der Waals surface area contributed by atoms with Gasteiger partial charge in [-0.1, -0.05) is 29.3 Å². The van der Waals surface area contributed by atoms with E-state index in [9.17, 15) is 13.2 Å². The summed E-state index contributed by atoms with van der Waals surface area (Å²) in [6.07, 6.45) is 0.826. The number of nitrogens with zero attached hydrogens (tertiary/aromatic N) is 2. The first-order valence-electron chi connectivity index (χ1n) is 8.06. The zero-order chi connectivity index (χ0) is 18.9. The second-order valence-corrected chi connectivity index (χ2v) is 8.84. The molecule has 1 saturated heterocycles. The molecular weight excluding hydrogens is 399 g/mol. The van der Waals surface area contributed by atoms with Crippen LogP contribution in [0.1, 0.15) is 18.5 Å². The molecule has 2 heterocycles. The fourth-order valence-corrected chi connectivity index (χ4v) is 5.49. The molecule has 0 atom stereocenters. The fourth-order valence-electron chi connectivity index (χ4n) is 2.93. The van der Waals surface area contributed by atoms with E-state index in [0.717, 1.165) is 5.69 Å². The van der Waals surface area contributed by atoms with Crippen LogP contribution in [0.4, 0.5) is 5.82 Å². The van der Waals surface area contributed by atoms with Gasteiger partial charge >= 0.3 is 0 Å². The van der Waals surface area contributed by atoms with E-state index >= 15 is 0 Å². The number of piperidine rings is 1. The van der Waals surface area contributed by atoms with Gasteiger partial charge in [0.25, 0.3) is 0 Å². The Morgan fingerprint density at radius 3 is 2.42 bits per heavy atom. The fraction of sp³-hybridized carbons (Fsp3) is 0.375. The van der Waals surface area contributed by atoms with Crippen LogP contribution < -0.4 is 5.32 Å². The quantitative estimate of drug-likeness (QED) is 0.800. The maximum Gasteiger partial charge on any atom is 0.246 e. The number of anilines is 1. The summed E-state index contributed by atoms with van der Waals surface area (Å²) in [7, 11) is -3.81. The van der Waals surface area contributed by atoms with E-state index in [1.165, 1.54) is 16.4 Å². The van der Waals surface area contributed by atoms with Crippen LogP contribution >= 0.6 is 23.2 Å². The highest BCUT2D eigenvalue weighted by Crippen LogP contribution is 2.33. The Balaban J connectivity index is 1.67. The van der Waals surface area contributed by atoms with E-state index in [4.69, 9.17) is 23.2 Å². The smallest absolute Gasteiger partial charge is 0.246 e. The van der Waals surface area contributed by atoms with Crippen molar-refractivity contribution in [3.8, 4) is 0 Å². The summed E-state index contributed by atoms with van der Waals surface area (Å²) in [4.78, 5) is 12.3. The minimum atomic E-state index is -3.81. The number of hydrogen-bond donors (Lipinski definition) is 2. The second-order valence-electron chi connectivity index (χ2n) is 6.15. The van der Waals surface area contributed by atoms with Gasteiger partial charge < -0.3 is 5.32 Å².